The zero-order valence-electron chi connectivity index (χ0n) is 15.7. The maximum absolute atomic E-state index is 11.3. The monoisotopic (exact) mass is 362 g/mol. The van der Waals surface area contributed by atoms with Crippen LogP contribution in [0.25, 0.3) is 11.1 Å². The van der Waals surface area contributed by atoms with Gasteiger partial charge in [0.05, 0.1) is 6.54 Å². The molecule has 2 aromatic carbocycles. The number of aryl methyl sites for hydroxylation is 2. The van der Waals surface area contributed by atoms with E-state index in [1.807, 2.05) is 10.6 Å². The van der Waals surface area contributed by atoms with Crippen molar-refractivity contribution in [2.75, 3.05) is 6.61 Å². The topological polar surface area (TPSA) is 53.4 Å². The molecule has 0 bridgehead atoms. The third kappa shape index (κ3) is 3.45. The number of nitrogens with zero attached hydrogens (tertiary/aromatic N) is 2. The quantitative estimate of drug-likeness (QED) is 0.710. The van der Waals surface area contributed by atoms with Crippen molar-refractivity contribution >= 4 is 0 Å². The Morgan fingerprint density at radius 1 is 1.11 bits per heavy atom. The average molecular weight is 362 g/mol. The van der Waals surface area contributed by atoms with Gasteiger partial charge in [0.2, 0.25) is 0 Å². The molecule has 0 N–H and O–H groups in total. The number of ether oxygens (including phenoxy) is 2. The molecule has 0 aliphatic carbocycles. The molecule has 0 radical (unpaired) electrons. The van der Waals surface area contributed by atoms with E-state index in [9.17, 15) is 4.79 Å². The van der Waals surface area contributed by atoms with Crippen LogP contribution in [0.2, 0.25) is 0 Å². The first kappa shape index (κ1) is 17.3. The Labute approximate surface area is 158 Å². The fraction of sp³-hybridized carbons (Fsp3) is 0.273. The molecule has 0 fully saturated rings. The molecule has 27 heavy (non-hydrogen) atoms. The molecule has 0 spiro atoms. The van der Waals surface area contributed by atoms with Crippen LogP contribution in [0.1, 0.15) is 16.7 Å². The van der Waals surface area contributed by atoms with Crippen LogP contribution in [0.5, 0.6) is 11.8 Å². The number of hydrogen-bond donors (Lipinski definition) is 0. The average Bonchev–Trinajstić information content (AvgIpc) is 3.05. The fourth-order valence-corrected chi connectivity index (χ4v) is 3.40. The van der Waals surface area contributed by atoms with E-state index in [-0.39, 0.29) is 11.7 Å². The van der Waals surface area contributed by atoms with Gasteiger partial charge in [-0.1, -0.05) is 24.3 Å². The molecule has 0 saturated carbocycles. The summed E-state index contributed by atoms with van der Waals surface area (Å²) in [6, 6.07) is 14.3. The third-order valence-corrected chi connectivity index (χ3v) is 5.05. The molecule has 1 aliphatic heterocycles. The fourth-order valence-electron chi connectivity index (χ4n) is 3.40. The molecule has 1 atom stereocenters. The zero-order valence-corrected chi connectivity index (χ0v) is 15.7. The lowest BCUT2D eigenvalue weighted by Crippen LogP contribution is -2.23. The summed E-state index contributed by atoms with van der Waals surface area (Å²) in [6.45, 7) is 7.42. The Bertz CT molecular complexity index is 1060. The maximum Gasteiger partial charge on any atom is 0.300 e. The van der Waals surface area contributed by atoms with E-state index < -0.39 is 0 Å². The molecule has 2 heterocycles. The Kier molecular flexibility index (Phi) is 4.44. The molecule has 5 heteroatoms. The van der Waals surface area contributed by atoms with Crippen molar-refractivity contribution in [1.82, 2.24) is 9.55 Å². The van der Waals surface area contributed by atoms with Crippen LogP contribution >= 0.6 is 0 Å². The van der Waals surface area contributed by atoms with Gasteiger partial charge in [-0.25, -0.2) is 0 Å². The van der Waals surface area contributed by atoms with Gasteiger partial charge in [0.25, 0.3) is 11.6 Å². The molecule has 0 unspecified atom stereocenters. The van der Waals surface area contributed by atoms with E-state index in [1.165, 1.54) is 33.9 Å². The predicted octanol–water partition coefficient (Wildman–Crippen LogP) is 3.68. The van der Waals surface area contributed by atoms with Crippen molar-refractivity contribution in [2.24, 2.45) is 0 Å². The summed E-state index contributed by atoms with van der Waals surface area (Å²) in [5.74, 6) is 0.809. The Morgan fingerprint density at radius 3 is 2.78 bits per heavy atom. The highest BCUT2D eigenvalue weighted by Crippen LogP contribution is 2.30. The van der Waals surface area contributed by atoms with Crippen molar-refractivity contribution in [3.63, 3.8) is 0 Å². The highest BCUT2D eigenvalue weighted by molar-refractivity contribution is 5.72. The van der Waals surface area contributed by atoms with Crippen LogP contribution in [0, 0.1) is 20.8 Å². The minimum atomic E-state index is -0.291. The lowest BCUT2D eigenvalue weighted by atomic mass is 9.94. The van der Waals surface area contributed by atoms with Crippen molar-refractivity contribution in [3.05, 3.63) is 75.7 Å². The Balaban J connectivity index is 1.46. The third-order valence-electron chi connectivity index (χ3n) is 5.05. The molecule has 1 aliphatic rings. The van der Waals surface area contributed by atoms with Crippen molar-refractivity contribution in [2.45, 2.75) is 33.4 Å². The predicted molar refractivity (Wildman–Crippen MR) is 104 cm³/mol. The van der Waals surface area contributed by atoms with Crippen LogP contribution in [-0.2, 0) is 6.54 Å². The van der Waals surface area contributed by atoms with Gasteiger partial charge >= 0.3 is 0 Å². The molecular formula is C22H22N2O3. The molecular weight excluding hydrogens is 340 g/mol. The van der Waals surface area contributed by atoms with E-state index in [0.29, 0.717) is 19.2 Å². The second-order valence-electron chi connectivity index (χ2n) is 6.98. The smallest absolute Gasteiger partial charge is 0.300 e. The summed E-state index contributed by atoms with van der Waals surface area (Å²) in [7, 11) is 0. The molecule has 3 aromatic rings. The van der Waals surface area contributed by atoms with Crippen LogP contribution in [0.4, 0.5) is 0 Å². The summed E-state index contributed by atoms with van der Waals surface area (Å²) in [5, 5.41) is 0. The van der Waals surface area contributed by atoms with Gasteiger partial charge in [0.1, 0.15) is 12.4 Å². The van der Waals surface area contributed by atoms with Crippen molar-refractivity contribution in [1.29, 1.82) is 0 Å². The second kappa shape index (κ2) is 6.91. The normalized spacial score (nSPS) is 15.3. The van der Waals surface area contributed by atoms with Gasteiger partial charge in [-0.2, -0.15) is 4.98 Å². The van der Waals surface area contributed by atoms with Gasteiger partial charge in [-0.3, -0.25) is 9.36 Å². The lowest BCUT2D eigenvalue weighted by molar-refractivity contribution is 0.143. The zero-order chi connectivity index (χ0) is 19.0. The van der Waals surface area contributed by atoms with E-state index >= 15 is 0 Å². The van der Waals surface area contributed by atoms with Crippen LogP contribution in [0.15, 0.2) is 53.5 Å². The molecule has 4 rings (SSSR count). The number of hydrogen-bond acceptors (Lipinski definition) is 4. The molecule has 5 nitrogen and oxygen atoms in total. The van der Waals surface area contributed by atoms with E-state index in [0.717, 1.165) is 5.75 Å². The Morgan fingerprint density at radius 2 is 1.96 bits per heavy atom. The molecule has 138 valence electrons. The number of rotatable bonds is 4. The minimum Gasteiger partial charge on any atom is -0.490 e. The van der Waals surface area contributed by atoms with E-state index in [4.69, 9.17) is 9.47 Å². The summed E-state index contributed by atoms with van der Waals surface area (Å²) in [4.78, 5) is 15.2. The van der Waals surface area contributed by atoms with Crippen molar-refractivity contribution < 1.29 is 9.47 Å². The second-order valence-corrected chi connectivity index (χ2v) is 6.98. The maximum atomic E-state index is 11.3. The van der Waals surface area contributed by atoms with Crippen LogP contribution in [0.3, 0.4) is 0 Å². The minimum absolute atomic E-state index is 0.154. The first-order valence-electron chi connectivity index (χ1n) is 9.05. The SMILES string of the molecule is Cc1cc(OC[C@@H]2Cn3ccc(=O)nc3O2)ccc1-c1cccc(C)c1C. The van der Waals surface area contributed by atoms with Gasteiger partial charge in [0.15, 0.2) is 6.10 Å². The largest absolute Gasteiger partial charge is 0.490 e. The molecule has 0 amide bonds. The summed E-state index contributed by atoms with van der Waals surface area (Å²) < 4.78 is 13.4. The van der Waals surface area contributed by atoms with Gasteiger partial charge in [0, 0.05) is 12.3 Å². The summed E-state index contributed by atoms with van der Waals surface area (Å²) in [6.07, 6.45) is 1.55. The Hall–Kier alpha value is -3.08. The van der Waals surface area contributed by atoms with Crippen LogP contribution < -0.4 is 15.0 Å². The van der Waals surface area contributed by atoms with E-state index in [1.54, 1.807) is 6.20 Å². The first-order valence-corrected chi connectivity index (χ1v) is 9.05. The standard InChI is InChI=1S/C22H22N2O3/c1-14-5-4-6-20(16(14)3)19-8-7-17(11-15(19)2)26-13-18-12-24-10-9-21(25)23-22(24)27-18/h4-11,18H,12-13H2,1-3H3/t18-/m0/s1. The van der Waals surface area contributed by atoms with Gasteiger partial charge < -0.3 is 9.47 Å². The summed E-state index contributed by atoms with van der Waals surface area (Å²) in [5.41, 5.74) is 5.94. The lowest BCUT2D eigenvalue weighted by Gasteiger charge is -2.15. The van der Waals surface area contributed by atoms with Gasteiger partial charge in [-0.15, -0.1) is 0 Å². The molecule has 0 saturated heterocycles. The molecule has 1 aromatic heterocycles. The van der Waals surface area contributed by atoms with Crippen LogP contribution in [-0.4, -0.2) is 22.3 Å². The number of aromatic nitrogens is 2. The summed E-state index contributed by atoms with van der Waals surface area (Å²) >= 11 is 0. The van der Waals surface area contributed by atoms with Gasteiger partial charge in [-0.05, 0) is 60.7 Å². The van der Waals surface area contributed by atoms with E-state index in [2.05, 4.69) is 56.1 Å². The van der Waals surface area contributed by atoms with Crippen molar-refractivity contribution in [3.8, 4) is 22.9 Å². The highest BCUT2D eigenvalue weighted by atomic mass is 16.6. The first-order chi connectivity index (χ1) is 13.0. The number of benzene rings is 2. The number of fused-ring (bicyclic) bond motifs is 1. The highest BCUT2D eigenvalue weighted by Gasteiger charge is 2.23.